The lowest BCUT2D eigenvalue weighted by Gasteiger charge is -2.59. The Morgan fingerprint density at radius 3 is 2.50 bits per heavy atom. The first-order valence-electron chi connectivity index (χ1n) is 12.1. The summed E-state index contributed by atoms with van der Waals surface area (Å²) in [5.41, 5.74) is 1.43. The SMILES string of the molecule is CC(C)(O)CCC[C@H]1CC[C@H]2[C@@H]3CC=C4C[C@](C)(O)CC[C@]4(C)[C@H]3CC[C@]12C. The lowest BCUT2D eigenvalue weighted by molar-refractivity contribution is -0.0664. The number of aliphatic hydroxyl groups is 2. The van der Waals surface area contributed by atoms with Crippen LogP contribution in [0.25, 0.3) is 0 Å². The predicted molar refractivity (Wildman–Crippen MR) is 116 cm³/mol. The Bertz CT molecular complexity index is 627. The van der Waals surface area contributed by atoms with E-state index in [1.807, 2.05) is 20.8 Å². The average Bonchev–Trinajstić information content (AvgIpc) is 2.91. The van der Waals surface area contributed by atoms with Crippen molar-refractivity contribution in [2.45, 2.75) is 116 Å². The lowest BCUT2D eigenvalue weighted by Crippen LogP contribution is -2.51. The highest BCUT2D eigenvalue weighted by atomic mass is 16.3. The molecule has 2 heteroatoms. The molecule has 0 aromatic rings. The second kappa shape index (κ2) is 6.84. The molecule has 0 bridgehead atoms. The third-order valence-corrected chi connectivity index (χ3v) is 9.92. The first-order valence-corrected chi connectivity index (χ1v) is 12.1. The quantitative estimate of drug-likeness (QED) is 0.558. The lowest BCUT2D eigenvalue weighted by atomic mass is 9.46. The van der Waals surface area contributed by atoms with Gasteiger partial charge in [0.15, 0.2) is 0 Å². The summed E-state index contributed by atoms with van der Waals surface area (Å²) in [4.78, 5) is 0. The third kappa shape index (κ3) is 3.51. The molecule has 0 aliphatic heterocycles. The van der Waals surface area contributed by atoms with Gasteiger partial charge >= 0.3 is 0 Å². The van der Waals surface area contributed by atoms with Gasteiger partial charge in [-0.3, -0.25) is 0 Å². The van der Waals surface area contributed by atoms with E-state index in [1.165, 1.54) is 51.4 Å². The summed E-state index contributed by atoms with van der Waals surface area (Å²) in [6.45, 7) is 11.1. The smallest absolute Gasteiger partial charge is 0.0657 e. The van der Waals surface area contributed by atoms with Crippen LogP contribution in [0.4, 0.5) is 0 Å². The van der Waals surface area contributed by atoms with Gasteiger partial charge in [-0.25, -0.2) is 0 Å². The second-order valence-electron chi connectivity index (χ2n) is 12.5. The zero-order valence-electron chi connectivity index (χ0n) is 19.1. The molecule has 0 saturated heterocycles. The normalized spacial score (nSPS) is 48.5. The van der Waals surface area contributed by atoms with Gasteiger partial charge in [0.05, 0.1) is 11.2 Å². The maximum atomic E-state index is 10.6. The Morgan fingerprint density at radius 1 is 1.04 bits per heavy atom. The zero-order chi connectivity index (χ0) is 20.4. The van der Waals surface area contributed by atoms with Gasteiger partial charge in [0.25, 0.3) is 0 Å². The molecular weight excluding hydrogens is 344 g/mol. The standard InChI is InChI=1S/C26H44O2/c1-23(2,27)13-6-7-18-9-11-21-20-10-8-19-17-24(3,28)15-16-26(19,5)22(20)12-14-25(18,21)4/h8,18,20-22,27-28H,6-7,9-17H2,1-5H3/t18-,20-,21-,22-,24+,25+,26-/m0/s1. The molecule has 160 valence electrons. The third-order valence-electron chi connectivity index (χ3n) is 9.92. The van der Waals surface area contributed by atoms with E-state index in [1.54, 1.807) is 5.57 Å². The van der Waals surface area contributed by atoms with Gasteiger partial charge in [0, 0.05) is 0 Å². The fourth-order valence-electron chi connectivity index (χ4n) is 8.17. The van der Waals surface area contributed by atoms with Crippen molar-refractivity contribution in [3.05, 3.63) is 11.6 Å². The fourth-order valence-corrected chi connectivity index (χ4v) is 8.17. The van der Waals surface area contributed by atoms with E-state index in [4.69, 9.17) is 0 Å². The Balaban J connectivity index is 1.49. The van der Waals surface area contributed by atoms with Crippen LogP contribution < -0.4 is 0 Å². The summed E-state index contributed by atoms with van der Waals surface area (Å²) >= 11 is 0. The molecule has 3 fully saturated rings. The van der Waals surface area contributed by atoms with E-state index in [0.717, 1.165) is 42.9 Å². The van der Waals surface area contributed by atoms with Crippen molar-refractivity contribution in [3.63, 3.8) is 0 Å². The van der Waals surface area contributed by atoms with Crippen LogP contribution in [0.3, 0.4) is 0 Å². The summed E-state index contributed by atoms with van der Waals surface area (Å²) in [6.07, 6.45) is 15.8. The molecule has 0 radical (unpaired) electrons. The Hall–Kier alpha value is -0.340. The van der Waals surface area contributed by atoms with E-state index in [-0.39, 0.29) is 0 Å². The van der Waals surface area contributed by atoms with Crippen LogP contribution in [0.15, 0.2) is 11.6 Å². The molecular formula is C26H44O2. The van der Waals surface area contributed by atoms with Gasteiger partial charge in [-0.2, -0.15) is 0 Å². The van der Waals surface area contributed by atoms with Crippen molar-refractivity contribution in [1.29, 1.82) is 0 Å². The minimum absolute atomic E-state index is 0.339. The first-order chi connectivity index (χ1) is 12.9. The van der Waals surface area contributed by atoms with Crippen LogP contribution >= 0.6 is 0 Å². The Labute approximate surface area is 173 Å². The van der Waals surface area contributed by atoms with Crippen LogP contribution in [0.5, 0.6) is 0 Å². The van der Waals surface area contributed by atoms with Crippen molar-refractivity contribution >= 4 is 0 Å². The molecule has 3 saturated carbocycles. The van der Waals surface area contributed by atoms with E-state index >= 15 is 0 Å². The second-order valence-corrected chi connectivity index (χ2v) is 12.5. The summed E-state index contributed by atoms with van der Waals surface area (Å²) in [5.74, 6) is 3.42. The highest BCUT2D eigenvalue weighted by molar-refractivity contribution is 5.26. The summed E-state index contributed by atoms with van der Waals surface area (Å²) < 4.78 is 0. The maximum Gasteiger partial charge on any atom is 0.0657 e. The molecule has 0 aromatic heterocycles. The van der Waals surface area contributed by atoms with Crippen LogP contribution in [-0.2, 0) is 0 Å². The maximum absolute atomic E-state index is 10.6. The summed E-state index contributed by atoms with van der Waals surface area (Å²) in [5, 5.41) is 20.7. The largest absolute Gasteiger partial charge is 0.390 e. The topological polar surface area (TPSA) is 40.5 Å². The molecule has 0 spiro atoms. The molecule has 0 unspecified atom stereocenters. The molecule has 2 N–H and O–H groups in total. The summed E-state index contributed by atoms with van der Waals surface area (Å²) in [7, 11) is 0. The molecule has 0 amide bonds. The van der Waals surface area contributed by atoms with E-state index in [2.05, 4.69) is 19.9 Å². The van der Waals surface area contributed by atoms with Crippen molar-refractivity contribution in [2.75, 3.05) is 0 Å². The van der Waals surface area contributed by atoms with Crippen LogP contribution in [0, 0.1) is 34.5 Å². The zero-order valence-corrected chi connectivity index (χ0v) is 19.1. The Morgan fingerprint density at radius 2 is 1.79 bits per heavy atom. The van der Waals surface area contributed by atoms with Crippen molar-refractivity contribution in [3.8, 4) is 0 Å². The minimum Gasteiger partial charge on any atom is -0.390 e. The van der Waals surface area contributed by atoms with Gasteiger partial charge in [0.1, 0.15) is 0 Å². The molecule has 4 rings (SSSR count). The highest BCUT2D eigenvalue weighted by Gasteiger charge is 2.58. The predicted octanol–water partition coefficient (Wildman–Crippen LogP) is 6.26. The van der Waals surface area contributed by atoms with E-state index < -0.39 is 11.2 Å². The molecule has 0 heterocycles. The molecule has 2 nitrogen and oxygen atoms in total. The van der Waals surface area contributed by atoms with E-state index in [0.29, 0.717) is 10.8 Å². The van der Waals surface area contributed by atoms with Gasteiger partial charge in [-0.15, -0.1) is 0 Å². The number of fused-ring (bicyclic) bond motifs is 5. The highest BCUT2D eigenvalue weighted by Crippen LogP contribution is 2.67. The number of hydrogen-bond donors (Lipinski definition) is 2. The van der Waals surface area contributed by atoms with Gasteiger partial charge in [-0.05, 0) is 119 Å². The van der Waals surface area contributed by atoms with Crippen LogP contribution in [0.1, 0.15) is 105 Å². The number of rotatable bonds is 4. The Kier molecular flexibility index (Phi) is 5.11. The van der Waals surface area contributed by atoms with Crippen molar-refractivity contribution in [2.24, 2.45) is 34.5 Å². The fraction of sp³-hybridized carbons (Fsp3) is 0.923. The van der Waals surface area contributed by atoms with Crippen molar-refractivity contribution < 1.29 is 10.2 Å². The molecule has 4 aliphatic rings. The van der Waals surface area contributed by atoms with Gasteiger partial charge < -0.3 is 10.2 Å². The first kappa shape index (κ1) is 20.9. The number of hydrogen-bond acceptors (Lipinski definition) is 2. The summed E-state index contributed by atoms with van der Waals surface area (Å²) in [6, 6.07) is 0. The van der Waals surface area contributed by atoms with Gasteiger partial charge in [0.2, 0.25) is 0 Å². The molecule has 0 aromatic carbocycles. The number of allylic oxidation sites excluding steroid dienone is 1. The van der Waals surface area contributed by atoms with Crippen LogP contribution in [0.2, 0.25) is 0 Å². The van der Waals surface area contributed by atoms with Crippen LogP contribution in [-0.4, -0.2) is 21.4 Å². The monoisotopic (exact) mass is 388 g/mol. The molecule has 7 atom stereocenters. The van der Waals surface area contributed by atoms with Crippen molar-refractivity contribution in [1.82, 2.24) is 0 Å². The molecule has 4 aliphatic carbocycles. The average molecular weight is 389 g/mol. The minimum atomic E-state index is -0.516. The van der Waals surface area contributed by atoms with E-state index in [9.17, 15) is 10.2 Å². The van der Waals surface area contributed by atoms with Gasteiger partial charge in [-0.1, -0.05) is 31.9 Å². The molecule has 28 heavy (non-hydrogen) atoms.